The van der Waals surface area contributed by atoms with Crippen LogP contribution in [0.3, 0.4) is 0 Å². The monoisotopic (exact) mass is 477 g/mol. The van der Waals surface area contributed by atoms with Gasteiger partial charge >= 0.3 is 5.97 Å². The Morgan fingerprint density at radius 1 is 1.23 bits per heavy atom. The summed E-state index contributed by atoms with van der Waals surface area (Å²) in [4.78, 5) is 27.1. The van der Waals surface area contributed by atoms with Crippen molar-refractivity contribution >= 4 is 58.1 Å². The molecular weight excluding hydrogens is 457 g/mol. The van der Waals surface area contributed by atoms with Crippen LogP contribution in [0.25, 0.3) is 0 Å². The first-order valence-electron chi connectivity index (χ1n) is 9.51. The van der Waals surface area contributed by atoms with Crippen molar-refractivity contribution in [1.82, 2.24) is 10.2 Å². The lowest BCUT2D eigenvalue weighted by atomic mass is 9.95. The molecule has 9 heteroatoms. The Bertz CT molecular complexity index is 1090. The number of nitrogens with one attached hydrogen (secondary N) is 2. The maximum absolute atomic E-state index is 12.7. The van der Waals surface area contributed by atoms with Crippen LogP contribution < -0.4 is 10.6 Å². The predicted octanol–water partition coefficient (Wildman–Crippen LogP) is 4.94. The number of nitrogens with zero attached hydrogens (tertiary/aromatic N) is 1. The SMILES string of the molecule is CCOC(=O)C1=C(C)N(C)C(=S)NC1c1cccc(NC(=O)c2ccc(Cl)cc2Cl)c1. The van der Waals surface area contributed by atoms with Gasteiger partial charge in [0.2, 0.25) is 0 Å². The van der Waals surface area contributed by atoms with E-state index >= 15 is 0 Å². The van der Waals surface area contributed by atoms with Gasteiger partial charge in [-0.3, -0.25) is 4.79 Å². The van der Waals surface area contributed by atoms with Crippen LogP contribution in [0.15, 0.2) is 53.7 Å². The Hall–Kier alpha value is -2.61. The van der Waals surface area contributed by atoms with E-state index in [1.807, 2.05) is 13.0 Å². The summed E-state index contributed by atoms with van der Waals surface area (Å²) in [6, 6.07) is 11.3. The van der Waals surface area contributed by atoms with Gasteiger partial charge < -0.3 is 20.3 Å². The first-order chi connectivity index (χ1) is 14.7. The van der Waals surface area contributed by atoms with Crippen LogP contribution in [-0.2, 0) is 9.53 Å². The Morgan fingerprint density at radius 3 is 2.65 bits per heavy atom. The van der Waals surface area contributed by atoms with E-state index < -0.39 is 12.0 Å². The van der Waals surface area contributed by atoms with Crippen LogP contribution in [-0.4, -0.2) is 35.5 Å². The van der Waals surface area contributed by atoms with E-state index in [0.717, 1.165) is 5.56 Å². The molecule has 2 N–H and O–H groups in total. The largest absolute Gasteiger partial charge is 0.463 e. The maximum atomic E-state index is 12.7. The third-order valence-electron chi connectivity index (χ3n) is 4.90. The number of carbonyl (C=O) groups is 2. The van der Waals surface area contributed by atoms with Gasteiger partial charge in [-0.15, -0.1) is 0 Å². The van der Waals surface area contributed by atoms with Gasteiger partial charge in [0.15, 0.2) is 5.11 Å². The van der Waals surface area contributed by atoms with Crippen LogP contribution in [0.4, 0.5) is 5.69 Å². The third kappa shape index (κ3) is 5.01. The topological polar surface area (TPSA) is 70.7 Å². The summed E-state index contributed by atoms with van der Waals surface area (Å²) < 4.78 is 5.26. The smallest absolute Gasteiger partial charge is 0.338 e. The van der Waals surface area contributed by atoms with Gasteiger partial charge in [0.25, 0.3) is 5.91 Å². The second-order valence-electron chi connectivity index (χ2n) is 6.86. The fourth-order valence-electron chi connectivity index (χ4n) is 3.23. The highest BCUT2D eigenvalue weighted by atomic mass is 35.5. The molecule has 1 aliphatic heterocycles. The third-order valence-corrected chi connectivity index (χ3v) is 5.84. The normalized spacial score (nSPS) is 16.1. The number of esters is 1. The highest BCUT2D eigenvalue weighted by Gasteiger charge is 2.33. The fraction of sp³-hybridized carbons (Fsp3) is 0.227. The molecule has 162 valence electrons. The molecule has 0 aliphatic carbocycles. The molecule has 3 rings (SSSR count). The molecule has 1 amide bonds. The average molecular weight is 478 g/mol. The van der Waals surface area contributed by atoms with E-state index in [4.69, 9.17) is 40.2 Å². The molecule has 1 unspecified atom stereocenters. The minimum absolute atomic E-state index is 0.256. The van der Waals surface area contributed by atoms with E-state index in [2.05, 4.69) is 10.6 Å². The zero-order valence-corrected chi connectivity index (χ0v) is 19.5. The van der Waals surface area contributed by atoms with Gasteiger partial charge in [0, 0.05) is 23.5 Å². The van der Waals surface area contributed by atoms with Gasteiger partial charge in [0.1, 0.15) is 0 Å². The summed E-state index contributed by atoms with van der Waals surface area (Å²) in [6.07, 6.45) is 0. The number of thiocarbonyl (C=S) groups is 1. The molecule has 1 heterocycles. The van der Waals surface area contributed by atoms with Crippen molar-refractivity contribution in [2.75, 3.05) is 19.0 Å². The van der Waals surface area contributed by atoms with Crippen molar-refractivity contribution < 1.29 is 14.3 Å². The first kappa shape index (κ1) is 23.1. The van der Waals surface area contributed by atoms with Crippen LogP contribution in [0.2, 0.25) is 10.0 Å². The van der Waals surface area contributed by atoms with Gasteiger partial charge in [-0.05, 0) is 62.0 Å². The highest BCUT2D eigenvalue weighted by molar-refractivity contribution is 7.80. The molecule has 1 atom stereocenters. The van der Waals surface area contributed by atoms with Gasteiger partial charge in [-0.25, -0.2) is 4.79 Å². The lowest BCUT2D eigenvalue weighted by molar-refractivity contribution is -0.139. The van der Waals surface area contributed by atoms with Gasteiger partial charge in [-0.2, -0.15) is 0 Å². The zero-order chi connectivity index (χ0) is 22.7. The van der Waals surface area contributed by atoms with Crippen molar-refractivity contribution in [3.8, 4) is 0 Å². The van der Waals surface area contributed by atoms with E-state index in [1.165, 1.54) is 6.07 Å². The van der Waals surface area contributed by atoms with E-state index in [0.29, 0.717) is 32.7 Å². The lowest BCUT2D eigenvalue weighted by Crippen LogP contribution is -2.46. The van der Waals surface area contributed by atoms with Gasteiger partial charge in [0.05, 0.1) is 28.8 Å². The minimum Gasteiger partial charge on any atom is -0.463 e. The van der Waals surface area contributed by atoms with Crippen LogP contribution in [0, 0.1) is 0 Å². The van der Waals surface area contributed by atoms with Crippen molar-refractivity contribution in [2.45, 2.75) is 19.9 Å². The zero-order valence-electron chi connectivity index (χ0n) is 17.2. The second kappa shape index (κ2) is 9.68. The number of benzene rings is 2. The Labute approximate surface area is 196 Å². The standard InChI is InChI=1S/C22H21Cl2N3O3S/c1-4-30-21(29)18-12(2)27(3)22(31)26-19(18)13-6-5-7-15(10-13)25-20(28)16-9-8-14(23)11-17(16)24/h5-11,19H,4H2,1-3H3,(H,25,28)(H,26,31). The predicted molar refractivity (Wildman–Crippen MR) is 126 cm³/mol. The van der Waals surface area contributed by atoms with E-state index in [-0.39, 0.29) is 17.5 Å². The van der Waals surface area contributed by atoms with Crippen molar-refractivity contribution in [3.63, 3.8) is 0 Å². The molecule has 2 aromatic carbocycles. The summed E-state index contributed by atoms with van der Waals surface area (Å²) in [5.74, 6) is -0.794. The number of carbonyl (C=O) groups excluding carboxylic acids is 2. The number of hydrogen-bond acceptors (Lipinski definition) is 4. The molecule has 0 spiro atoms. The molecule has 31 heavy (non-hydrogen) atoms. The van der Waals surface area contributed by atoms with Gasteiger partial charge in [-0.1, -0.05) is 35.3 Å². The molecule has 0 saturated heterocycles. The minimum atomic E-state index is -0.515. The van der Waals surface area contributed by atoms with E-state index in [9.17, 15) is 9.59 Å². The number of rotatable bonds is 5. The quantitative estimate of drug-likeness (QED) is 0.469. The maximum Gasteiger partial charge on any atom is 0.338 e. The molecule has 0 saturated carbocycles. The highest BCUT2D eigenvalue weighted by Crippen LogP contribution is 2.32. The number of anilines is 1. The molecule has 0 radical (unpaired) electrons. The summed E-state index contributed by atoms with van der Waals surface area (Å²) in [7, 11) is 1.78. The molecule has 6 nitrogen and oxygen atoms in total. The fourth-order valence-corrected chi connectivity index (χ4v) is 3.98. The lowest BCUT2D eigenvalue weighted by Gasteiger charge is -2.35. The molecule has 0 bridgehead atoms. The number of hydrogen-bond donors (Lipinski definition) is 2. The molecule has 1 aliphatic rings. The first-order valence-corrected chi connectivity index (χ1v) is 10.7. The summed E-state index contributed by atoms with van der Waals surface area (Å²) in [5.41, 5.74) is 2.76. The molecular formula is C22H21Cl2N3O3S. The van der Waals surface area contributed by atoms with Crippen molar-refractivity contribution in [2.24, 2.45) is 0 Å². The Balaban J connectivity index is 1.93. The van der Waals surface area contributed by atoms with Crippen LogP contribution >= 0.6 is 35.4 Å². The molecule has 2 aromatic rings. The summed E-state index contributed by atoms with van der Waals surface area (Å²) in [5, 5.41) is 7.19. The summed E-state index contributed by atoms with van der Waals surface area (Å²) in [6.45, 7) is 3.83. The number of amides is 1. The Morgan fingerprint density at radius 2 is 1.97 bits per heavy atom. The number of halogens is 2. The second-order valence-corrected chi connectivity index (χ2v) is 8.10. The average Bonchev–Trinajstić information content (AvgIpc) is 2.72. The van der Waals surface area contributed by atoms with Crippen molar-refractivity contribution in [1.29, 1.82) is 0 Å². The van der Waals surface area contributed by atoms with Crippen LogP contribution in [0.1, 0.15) is 35.8 Å². The Kier molecular flexibility index (Phi) is 7.20. The molecule has 0 aromatic heterocycles. The number of ether oxygens (including phenoxy) is 1. The molecule has 0 fully saturated rings. The van der Waals surface area contributed by atoms with Crippen molar-refractivity contribution in [3.05, 3.63) is 74.9 Å². The number of allylic oxidation sites excluding steroid dienone is 1. The van der Waals surface area contributed by atoms with E-state index in [1.54, 1.807) is 49.2 Å². The summed E-state index contributed by atoms with van der Waals surface area (Å²) >= 11 is 17.5. The van der Waals surface area contributed by atoms with Crippen LogP contribution in [0.5, 0.6) is 0 Å².